The van der Waals surface area contributed by atoms with Crippen molar-refractivity contribution in [1.29, 1.82) is 0 Å². The smallest absolute Gasteiger partial charge is 0.0978 e. The van der Waals surface area contributed by atoms with Gasteiger partial charge in [-0.2, -0.15) is 0 Å². The molecule has 0 radical (unpaired) electrons. The first-order chi connectivity index (χ1) is 11.2. The summed E-state index contributed by atoms with van der Waals surface area (Å²) >= 11 is 0. The average molecular weight is 333 g/mol. The lowest BCUT2D eigenvalue weighted by Gasteiger charge is -2.32. The number of allylic oxidation sites excluding steroid dienone is 7. The van der Waals surface area contributed by atoms with E-state index in [1.165, 1.54) is 29.6 Å². The fourth-order valence-corrected chi connectivity index (χ4v) is 2.37. The molecule has 1 atom stereocenters. The van der Waals surface area contributed by atoms with E-state index in [2.05, 4.69) is 65.7 Å². The van der Waals surface area contributed by atoms with E-state index in [-0.39, 0.29) is 6.61 Å². The van der Waals surface area contributed by atoms with Gasteiger partial charge in [0.15, 0.2) is 0 Å². The highest BCUT2D eigenvalue weighted by atomic mass is 16.3. The van der Waals surface area contributed by atoms with E-state index in [1.54, 1.807) is 13.0 Å². The van der Waals surface area contributed by atoms with Crippen LogP contribution in [0.2, 0.25) is 0 Å². The Bertz CT molecular complexity index is 495. The first-order valence-corrected chi connectivity index (χ1v) is 8.43. The zero-order valence-corrected chi connectivity index (χ0v) is 16.6. The maximum Gasteiger partial charge on any atom is 0.0978 e. The summed E-state index contributed by atoms with van der Waals surface area (Å²) in [6.45, 7) is 14.6. The summed E-state index contributed by atoms with van der Waals surface area (Å²) in [6.07, 6.45) is 18.5. The largest absolute Gasteiger partial charge is 0.393 e. The highest BCUT2D eigenvalue weighted by Crippen LogP contribution is 2.40. The Morgan fingerprint density at radius 1 is 1.29 bits per heavy atom. The molecule has 0 spiro atoms. The van der Waals surface area contributed by atoms with Crippen molar-refractivity contribution < 1.29 is 10.2 Å². The molecule has 136 valence electrons. The summed E-state index contributed by atoms with van der Waals surface area (Å²) in [4.78, 5) is 0. The van der Waals surface area contributed by atoms with Gasteiger partial charge in [0.1, 0.15) is 0 Å². The summed E-state index contributed by atoms with van der Waals surface area (Å²) in [6, 6.07) is 0. The second-order valence-electron chi connectivity index (χ2n) is 6.87. The Labute approximate surface area is 149 Å². The zero-order chi connectivity index (χ0) is 19.3. The van der Waals surface area contributed by atoms with Crippen molar-refractivity contribution in [3.05, 3.63) is 46.6 Å². The van der Waals surface area contributed by atoms with Gasteiger partial charge in [0.2, 0.25) is 0 Å². The van der Waals surface area contributed by atoms with Crippen LogP contribution in [0.15, 0.2) is 46.6 Å². The standard InChI is InChI=1S/C14H22.C6H12O2.C2H2/c1-11(2)8-9-13-12(3)7-6-10-14(13,4)5;1-3-5(2)6(8)4-7;1-2/h7-9H,6,10H2,1-5H3;3,6-8H,4H2,1-2H3;1-2H/b13-9-;5-3+;. The Morgan fingerprint density at radius 3 is 2.17 bits per heavy atom. The van der Waals surface area contributed by atoms with Gasteiger partial charge in [-0.1, -0.05) is 49.3 Å². The Balaban J connectivity index is 0. The van der Waals surface area contributed by atoms with Crippen LogP contribution in [0.5, 0.6) is 0 Å². The summed E-state index contributed by atoms with van der Waals surface area (Å²) in [5.41, 5.74) is 5.49. The van der Waals surface area contributed by atoms with Crippen LogP contribution >= 0.6 is 0 Å². The van der Waals surface area contributed by atoms with Gasteiger partial charge in [0, 0.05) is 0 Å². The Kier molecular flexibility index (Phi) is 13.2. The molecule has 1 unspecified atom stereocenters. The van der Waals surface area contributed by atoms with Crippen LogP contribution in [0, 0.1) is 18.3 Å². The van der Waals surface area contributed by atoms with Gasteiger partial charge in [-0.05, 0) is 64.0 Å². The van der Waals surface area contributed by atoms with E-state index in [0.29, 0.717) is 5.41 Å². The molecule has 0 aromatic rings. The molecule has 1 aliphatic rings. The average Bonchev–Trinajstić information content (AvgIpc) is 2.54. The summed E-state index contributed by atoms with van der Waals surface area (Å²) in [5, 5.41) is 17.2. The molecule has 0 bridgehead atoms. The summed E-state index contributed by atoms with van der Waals surface area (Å²) < 4.78 is 0. The van der Waals surface area contributed by atoms with Crippen molar-refractivity contribution in [1.82, 2.24) is 0 Å². The third-order valence-electron chi connectivity index (χ3n) is 4.11. The van der Waals surface area contributed by atoms with Gasteiger partial charge >= 0.3 is 0 Å². The molecule has 0 saturated heterocycles. The van der Waals surface area contributed by atoms with Crippen LogP contribution < -0.4 is 0 Å². The maximum absolute atomic E-state index is 8.81. The Morgan fingerprint density at radius 2 is 1.83 bits per heavy atom. The van der Waals surface area contributed by atoms with Crippen LogP contribution in [0.1, 0.15) is 61.3 Å². The van der Waals surface area contributed by atoms with E-state index in [4.69, 9.17) is 10.2 Å². The number of hydrogen-bond acceptors (Lipinski definition) is 2. The quantitative estimate of drug-likeness (QED) is 0.551. The van der Waals surface area contributed by atoms with Gasteiger partial charge in [0.25, 0.3) is 0 Å². The van der Waals surface area contributed by atoms with Gasteiger partial charge < -0.3 is 10.2 Å². The van der Waals surface area contributed by atoms with E-state index < -0.39 is 6.10 Å². The fraction of sp³-hybridized carbons (Fsp3) is 0.545. The zero-order valence-electron chi connectivity index (χ0n) is 16.6. The number of aliphatic hydroxyl groups is 2. The van der Waals surface area contributed by atoms with Crippen LogP contribution in [0.25, 0.3) is 0 Å². The molecule has 0 aromatic heterocycles. The molecule has 2 N–H and O–H groups in total. The molecule has 24 heavy (non-hydrogen) atoms. The van der Waals surface area contributed by atoms with Crippen molar-refractivity contribution in [2.75, 3.05) is 6.61 Å². The minimum absolute atomic E-state index is 0.184. The molecular weight excluding hydrogens is 296 g/mol. The molecule has 0 aliphatic heterocycles. The number of terminal acetylenes is 1. The van der Waals surface area contributed by atoms with Crippen molar-refractivity contribution in [2.45, 2.75) is 67.4 Å². The normalized spacial score (nSPS) is 19.0. The van der Waals surface area contributed by atoms with E-state index in [1.807, 2.05) is 6.92 Å². The third-order valence-corrected chi connectivity index (χ3v) is 4.11. The lowest BCUT2D eigenvalue weighted by atomic mass is 9.73. The van der Waals surface area contributed by atoms with Crippen molar-refractivity contribution >= 4 is 0 Å². The van der Waals surface area contributed by atoms with Crippen molar-refractivity contribution in [3.63, 3.8) is 0 Å². The van der Waals surface area contributed by atoms with Crippen molar-refractivity contribution in [2.24, 2.45) is 5.41 Å². The number of rotatable bonds is 3. The first-order valence-electron chi connectivity index (χ1n) is 8.43. The Hall–Kier alpha value is -1.56. The van der Waals surface area contributed by atoms with E-state index in [0.717, 1.165) is 5.57 Å². The van der Waals surface area contributed by atoms with Gasteiger partial charge in [-0.25, -0.2) is 0 Å². The minimum atomic E-state index is -0.667. The molecule has 0 saturated carbocycles. The monoisotopic (exact) mass is 332 g/mol. The predicted octanol–water partition coefficient (Wildman–Crippen LogP) is 5.20. The topological polar surface area (TPSA) is 40.5 Å². The fourth-order valence-electron chi connectivity index (χ4n) is 2.37. The highest BCUT2D eigenvalue weighted by molar-refractivity contribution is 5.39. The van der Waals surface area contributed by atoms with Crippen LogP contribution in [-0.4, -0.2) is 22.9 Å². The predicted molar refractivity (Wildman–Crippen MR) is 107 cm³/mol. The molecule has 2 nitrogen and oxygen atoms in total. The van der Waals surface area contributed by atoms with Gasteiger partial charge in [-0.15, -0.1) is 12.8 Å². The second kappa shape index (κ2) is 12.8. The van der Waals surface area contributed by atoms with Crippen LogP contribution in [-0.2, 0) is 0 Å². The van der Waals surface area contributed by atoms with Gasteiger partial charge in [0.05, 0.1) is 12.7 Å². The first kappa shape index (κ1) is 24.7. The lowest BCUT2D eigenvalue weighted by Crippen LogP contribution is -2.18. The molecule has 2 heteroatoms. The van der Waals surface area contributed by atoms with Crippen molar-refractivity contribution in [3.8, 4) is 12.8 Å². The molecule has 0 amide bonds. The molecule has 0 aromatic carbocycles. The molecule has 1 rings (SSSR count). The second-order valence-corrected chi connectivity index (χ2v) is 6.87. The summed E-state index contributed by atoms with van der Waals surface area (Å²) in [7, 11) is 0. The number of aliphatic hydroxyl groups excluding tert-OH is 2. The highest BCUT2D eigenvalue weighted by Gasteiger charge is 2.25. The molecular formula is C22H36O2. The molecule has 1 aliphatic carbocycles. The molecule has 0 heterocycles. The molecule has 0 fully saturated rings. The SMILES string of the molecule is C#C.C/C=C(\C)C(O)CO.CC(C)=C/C=C1/C(C)=CCCC1(C)C. The minimum Gasteiger partial charge on any atom is -0.393 e. The maximum atomic E-state index is 8.81. The van der Waals surface area contributed by atoms with Crippen LogP contribution in [0.4, 0.5) is 0 Å². The van der Waals surface area contributed by atoms with Crippen LogP contribution in [0.3, 0.4) is 0 Å². The summed E-state index contributed by atoms with van der Waals surface area (Å²) in [5.74, 6) is 0. The van der Waals surface area contributed by atoms with E-state index >= 15 is 0 Å². The van der Waals surface area contributed by atoms with E-state index in [9.17, 15) is 0 Å². The number of hydrogen-bond donors (Lipinski definition) is 2. The van der Waals surface area contributed by atoms with Gasteiger partial charge in [-0.3, -0.25) is 0 Å². The third kappa shape index (κ3) is 9.55. The lowest BCUT2D eigenvalue weighted by molar-refractivity contribution is 0.122.